The lowest BCUT2D eigenvalue weighted by atomic mass is 10.0. The molecule has 0 unspecified atom stereocenters. The van der Waals surface area contributed by atoms with Crippen LogP contribution in [0.3, 0.4) is 0 Å². The second kappa shape index (κ2) is 18.7. The van der Waals surface area contributed by atoms with Crippen molar-refractivity contribution in [2.75, 3.05) is 27.2 Å². The Kier molecular flexibility index (Phi) is 19.1. The monoisotopic (exact) mass is 394 g/mol. The van der Waals surface area contributed by atoms with Crippen molar-refractivity contribution in [3.05, 3.63) is 23.7 Å². The number of aliphatic imine (C=N–C) groups is 1. The van der Waals surface area contributed by atoms with Crippen LogP contribution >= 0.6 is 0 Å². The Morgan fingerprint density at radius 3 is 2.07 bits per heavy atom. The number of aldehydes is 1. The van der Waals surface area contributed by atoms with E-state index in [4.69, 9.17) is 9.79 Å². The summed E-state index contributed by atoms with van der Waals surface area (Å²) in [6.45, 7) is 16.6. The largest absolute Gasteiger partial charge is 0.387 e. The van der Waals surface area contributed by atoms with Crippen LogP contribution in [0.5, 0.6) is 0 Å². The first-order chi connectivity index (χ1) is 13.4. The molecule has 1 aliphatic heterocycles. The van der Waals surface area contributed by atoms with Crippen LogP contribution in [0.25, 0.3) is 0 Å². The van der Waals surface area contributed by atoms with E-state index in [1.807, 2.05) is 26.3 Å². The first-order valence-corrected chi connectivity index (χ1v) is 10.8. The van der Waals surface area contributed by atoms with Gasteiger partial charge in [0.1, 0.15) is 12.1 Å². The fourth-order valence-electron chi connectivity index (χ4n) is 2.79. The quantitative estimate of drug-likeness (QED) is 0.495. The highest BCUT2D eigenvalue weighted by atomic mass is 16.1. The van der Waals surface area contributed by atoms with E-state index in [0.29, 0.717) is 12.1 Å². The van der Waals surface area contributed by atoms with Gasteiger partial charge in [0.2, 0.25) is 0 Å². The summed E-state index contributed by atoms with van der Waals surface area (Å²) in [4.78, 5) is 18.4. The maximum atomic E-state index is 8.81. The van der Waals surface area contributed by atoms with E-state index in [2.05, 4.69) is 62.9 Å². The Labute approximate surface area is 175 Å². The molecule has 0 aromatic carbocycles. The lowest BCUT2D eigenvalue weighted by molar-refractivity contribution is -0.106. The molecule has 0 bridgehead atoms. The molecule has 1 heterocycles. The zero-order chi connectivity index (χ0) is 21.9. The van der Waals surface area contributed by atoms with Gasteiger partial charge in [0.15, 0.2) is 0 Å². The Balaban J connectivity index is 0. The van der Waals surface area contributed by atoms with Crippen molar-refractivity contribution in [3.63, 3.8) is 0 Å². The number of allylic oxidation sites excluding steroid dienone is 3. The van der Waals surface area contributed by atoms with Crippen LogP contribution in [-0.4, -0.2) is 61.6 Å². The van der Waals surface area contributed by atoms with Crippen molar-refractivity contribution in [1.82, 2.24) is 15.1 Å². The van der Waals surface area contributed by atoms with Crippen LogP contribution < -0.4 is 5.32 Å². The normalized spacial score (nSPS) is 15.9. The van der Waals surface area contributed by atoms with Crippen LogP contribution in [0, 0.1) is 0 Å². The molecule has 0 atom stereocenters. The van der Waals surface area contributed by atoms with E-state index >= 15 is 0 Å². The highest BCUT2D eigenvalue weighted by molar-refractivity contribution is 5.78. The number of likely N-dealkylation sites (tertiary alicyclic amines) is 1. The number of hydrogen-bond donors (Lipinski definition) is 1. The summed E-state index contributed by atoms with van der Waals surface area (Å²) in [7, 11) is 4.18. The molecule has 5 heteroatoms. The zero-order valence-corrected chi connectivity index (χ0v) is 20.0. The summed E-state index contributed by atoms with van der Waals surface area (Å²) in [5.74, 6) is 1.11. The van der Waals surface area contributed by atoms with Gasteiger partial charge in [-0.25, -0.2) is 4.99 Å². The molecule has 0 saturated carbocycles. The van der Waals surface area contributed by atoms with Crippen molar-refractivity contribution in [2.24, 2.45) is 4.99 Å². The van der Waals surface area contributed by atoms with Crippen LogP contribution in [0.1, 0.15) is 74.1 Å². The van der Waals surface area contributed by atoms with E-state index in [-0.39, 0.29) is 0 Å². The molecule has 5 nitrogen and oxygen atoms in total. The van der Waals surface area contributed by atoms with Crippen LogP contribution in [0.2, 0.25) is 0 Å². The van der Waals surface area contributed by atoms with E-state index in [9.17, 15) is 0 Å². The summed E-state index contributed by atoms with van der Waals surface area (Å²) < 4.78 is 0. The third kappa shape index (κ3) is 12.7. The maximum absolute atomic E-state index is 8.81. The third-order valence-corrected chi connectivity index (χ3v) is 4.50. The molecule has 0 aromatic rings. The summed E-state index contributed by atoms with van der Waals surface area (Å²) >= 11 is 0. The lowest BCUT2D eigenvalue weighted by Gasteiger charge is -2.39. The Morgan fingerprint density at radius 1 is 1.21 bits per heavy atom. The first-order valence-electron chi connectivity index (χ1n) is 10.8. The predicted octanol–water partition coefficient (Wildman–Crippen LogP) is 4.86. The van der Waals surface area contributed by atoms with E-state index < -0.39 is 0 Å². The Morgan fingerprint density at radius 2 is 1.71 bits per heavy atom. The minimum atomic E-state index is 0.619. The van der Waals surface area contributed by atoms with Crippen molar-refractivity contribution in [3.8, 4) is 0 Å². The molecule has 0 aliphatic carbocycles. The minimum Gasteiger partial charge on any atom is -0.387 e. The number of carbonyl (C=O) groups is 1. The summed E-state index contributed by atoms with van der Waals surface area (Å²) in [5, 5.41) is 3.15. The third-order valence-electron chi connectivity index (χ3n) is 4.50. The fraction of sp³-hybridized carbons (Fsp3) is 0.739. The smallest absolute Gasteiger partial charge is 0.124 e. The zero-order valence-electron chi connectivity index (χ0n) is 20.0. The van der Waals surface area contributed by atoms with E-state index in [1.165, 1.54) is 26.2 Å². The molecule has 164 valence electrons. The first kappa shape index (κ1) is 28.6. The SMILES string of the molecule is CC=O.CCC.C\C=C(/C=N\C(=C/CC)N1CCC(N(C)C(C)C)CC1)NC. The Bertz CT molecular complexity index is 461. The predicted molar refractivity (Wildman–Crippen MR) is 125 cm³/mol. The van der Waals surface area contributed by atoms with Gasteiger partial charge in [0, 0.05) is 37.9 Å². The maximum Gasteiger partial charge on any atom is 0.124 e. The van der Waals surface area contributed by atoms with Crippen LogP contribution in [-0.2, 0) is 4.79 Å². The molecule has 1 N–H and O–H groups in total. The summed E-state index contributed by atoms with van der Waals surface area (Å²) in [6, 6.07) is 1.32. The van der Waals surface area contributed by atoms with Gasteiger partial charge in [-0.15, -0.1) is 0 Å². The highest BCUT2D eigenvalue weighted by Gasteiger charge is 2.24. The van der Waals surface area contributed by atoms with Crippen molar-refractivity contribution < 1.29 is 4.79 Å². The molecule has 1 fully saturated rings. The molecule has 1 saturated heterocycles. The second-order valence-corrected chi connectivity index (χ2v) is 7.14. The number of hydrogen-bond acceptors (Lipinski definition) is 5. The van der Waals surface area contributed by atoms with Gasteiger partial charge < -0.3 is 19.9 Å². The van der Waals surface area contributed by atoms with Crippen LogP contribution in [0.4, 0.5) is 0 Å². The molecule has 0 radical (unpaired) electrons. The average molecular weight is 395 g/mol. The molecular formula is C23H46N4O. The van der Waals surface area contributed by atoms with Gasteiger partial charge in [0.05, 0.1) is 6.21 Å². The summed E-state index contributed by atoms with van der Waals surface area (Å²) in [6.07, 6.45) is 11.6. The number of carbonyl (C=O) groups excluding carboxylic acids is 1. The van der Waals surface area contributed by atoms with Crippen molar-refractivity contribution in [2.45, 2.75) is 86.2 Å². The van der Waals surface area contributed by atoms with E-state index in [1.54, 1.807) is 0 Å². The van der Waals surface area contributed by atoms with Crippen molar-refractivity contribution >= 4 is 12.5 Å². The topological polar surface area (TPSA) is 47.9 Å². The van der Waals surface area contributed by atoms with Gasteiger partial charge in [-0.2, -0.15) is 0 Å². The van der Waals surface area contributed by atoms with Gasteiger partial charge in [-0.05, 0) is 60.1 Å². The second-order valence-electron chi connectivity index (χ2n) is 7.14. The average Bonchev–Trinajstić information content (AvgIpc) is 2.68. The number of piperidine rings is 1. The molecule has 1 rings (SSSR count). The lowest BCUT2D eigenvalue weighted by Crippen LogP contribution is -2.45. The van der Waals surface area contributed by atoms with E-state index in [0.717, 1.165) is 37.3 Å². The Hall–Kier alpha value is -1.62. The molecule has 0 amide bonds. The minimum absolute atomic E-state index is 0.619. The van der Waals surface area contributed by atoms with Gasteiger partial charge >= 0.3 is 0 Å². The molecular weight excluding hydrogens is 348 g/mol. The number of nitrogens with one attached hydrogen (secondary N) is 1. The molecule has 1 aliphatic rings. The van der Waals surface area contributed by atoms with Crippen molar-refractivity contribution in [1.29, 1.82) is 0 Å². The van der Waals surface area contributed by atoms with Gasteiger partial charge in [0.25, 0.3) is 0 Å². The highest BCUT2D eigenvalue weighted by Crippen LogP contribution is 2.21. The molecule has 0 spiro atoms. The van der Waals surface area contributed by atoms with Crippen LogP contribution in [0.15, 0.2) is 28.7 Å². The molecule has 28 heavy (non-hydrogen) atoms. The van der Waals surface area contributed by atoms with Gasteiger partial charge in [-0.3, -0.25) is 0 Å². The molecule has 0 aromatic heterocycles. The summed E-state index contributed by atoms with van der Waals surface area (Å²) in [5.41, 5.74) is 1.05. The van der Waals surface area contributed by atoms with Gasteiger partial charge in [-0.1, -0.05) is 33.3 Å². The standard InChI is InChI=1S/C18H34N4.C3H8.C2H4O/c1-7-9-18(20-14-16(8-2)19-5)22-12-10-17(11-13-22)21(6)15(3)4;1-3-2;1-2-3/h8-9,14-15,17,19H,7,10-13H2,1-6H3;3H2,1-2H3;2H,1H3/b16-8+,18-9+,20-14-;;. The number of nitrogens with zero attached hydrogens (tertiary/aromatic N) is 3. The fourth-order valence-corrected chi connectivity index (χ4v) is 2.79. The number of rotatable bonds is 7.